The molecule has 3 rings (SSSR count). The molecule has 1 N–H and O–H groups in total. The van der Waals surface area contributed by atoms with Gasteiger partial charge in [0.25, 0.3) is 0 Å². The van der Waals surface area contributed by atoms with E-state index < -0.39 is 9.84 Å². The maximum atomic E-state index is 11.9. The number of rotatable bonds is 5. The molecule has 122 valence electrons. The van der Waals surface area contributed by atoms with Crippen LogP contribution < -0.4 is 5.32 Å². The molecule has 1 aromatic carbocycles. The first-order chi connectivity index (χ1) is 11.0. The van der Waals surface area contributed by atoms with Crippen LogP contribution in [0.2, 0.25) is 0 Å². The number of benzene rings is 1. The van der Waals surface area contributed by atoms with Gasteiger partial charge in [0.2, 0.25) is 0 Å². The summed E-state index contributed by atoms with van der Waals surface area (Å²) in [5.41, 5.74) is 1.37. The molecule has 0 bridgehead atoms. The first kappa shape index (κ1) is 15.6. The number of nitrogens with zero attached hydrogens (tertiary/aromatic N) is 2. The maximum Gasteiger partial charge on any atom is 0.177 e. The molecule has 7 heteroatoms. The molecule has 0 fully saturated rings. The summed E-state index contributed by atoms with van der Waals surface area (Å²) in [6, 6.07) is 6.82. The van der Waals surface area contributed by atoms with Gasteiger partial charge in [-0.2, -0.15) is 5.10 Å². The van der Waals surface area contributed by atoms with Gasteiger partial charge in [0.15, 0.2) is 9.84 Å². The number of aromatic nitrogens is 2. The van der Waals surface area contributed by atoms with Crippen LogP contribution in [0.15, 0.2) is 53.9 Å². The number of allylic oxidation sites excluding steroid dienone is 1. The van der Waals surface area contributed by atoms with Crippen LogP contribution in [0.5, 0.6) is 0 Å². The first-order valence-corrected chi connectivity index (χ1v) is 9.31. The van der Waals surface area contributed by atoms with E-state index >= 15 is 0 Å². The van der Waals surface area contributed by atoms with E-state index in [0.29, 0.717) is 12.2 Å². The minimum Gasteiger partial charge on any atom is -0.497 e. The molecule has 0 unspecified atom stereocenters. The number of anilines is 1. The van der Waals surface area contributed by atoms with Crippen LogP contribution in [0, 0.1) is 0 Å². The zero-order valence-electron chi connectivity index (χ0n) is 12.8. The molecule has 23 heavy (non-hydrogen) atoms. The van der Waals surface area contributed by atoms with Crippen molar-refractivity contribution in [2.75, 3.05) is 18.1 Å². The topological polar surface area (TPSA) is 73.2 Å². The highest BCUT2D eigenvalue weighted by Crippen LogP contribution is 2.21. The van der Waals surface area contributed by atoms with Crippen LogP contribution in [0.3, 0.4) is 0 Å². The molecule has 1 atom stereocenters. The van der Waals surface area contributed by atoms with Crippen LogP contribution in [-0.4, -0.2) is 37.1 Å². The molecule has 0 radical (unpaired) electrons. The number of sulfone groups is 1. The Morgan fingerprint density at radius 3 is 2.96 bits per heavy atom. The Hall–Kier alpha value is -2.28. The zero-order chi connectivity index (χ0) is 16.3. The van der Waals surface area contributed by atoms with Crippen LogP contribution >= 0.6 is 0 Å². The SMILES string of the molecule is CS(=O)(=O)c1ccccc1-n1cc(NC[C@@H]2CCC=CO2)cn1. The lowest BCUT2D eigenvalue weighted by Crippen LogP contribution is -2.22. The van der Waals surface area contributed by atoms with Crippen molar-refractivity contribution >= 4 is 15.5 Å². The van der Waals surface area contributed by atoms with E-state index in [-0.39, 0.29) is 11.0 Å². The minimum atomic E-state index is -3.31. The molecule has 0 spiro atoms. The van der Waals surface area contributed by atoms with Gasteiger partial charge in [0, 0.05) is 6.26 Å². The van der Waals surface area contributed by atoms with E-state index in [2.05, 4.69) is 10.4 Å². The number of para-hydroxylation sites is 1. The summed E-state index contributed by atoms with van der Waals surface area (Å²) >= 11 is 0. The largest absolute Gasteiger partial charge is 0.497 e. The average Bonchev–Trinajstić information content (AvgIpc) is 3.02. The Balaban J connectivity index is 1.76. The predicted molar refractivity (Wildman–Crippen MR) is 88.4 cm³/mol. The van der Waals surface area contributed by atoms with E-state index in [4.69, 9.17) is 4.74 Å². The van der Waals surface area contributed by atoms with Gasteiger partial charge >= 0.3 is 0 Å². The lowest BCUT2D eigenvalue weighted by atomic mass is 10.1. The first-order valence-electron chi connectivity index (χ1n) is 7.42. The molecular formula is C16H19N3O3S. The van der Waals surface area contributed by atoms with Crippen molar-refractivity contribution in [2.45, 2.75) is 23.8 Å². The van der Waals surface area contributed by atoms with Gasteiger partial charge in [-0.1, -0.05) is 12.1 Å². The van der Waals surface area contributed by atoms with Gasteiger partial charge in [-0.3, -0.25) is 0 Å². The van der Waals surface area contributed by atoms with E-state index in [0.717, 1.165) is 18.5 Å². The van der Waals surface area contributed by atoms with Crippen molar-refractivity contribution < 1.29 is 13.2 Å². The monoisotopic (exact) mass is 333 g/mol. The summed E-state index contributed by atoms with van der Waals surface area (Å²) in [6.07, 6.45) is 10.6. The lowest BCUT2D eigenvalue weighted by molar-refractivity contribution is 0.135. The summed E-state index contributed by atoms with van der Waals surface area (Å²) in [5, 5.41) is 7.53. The van der Waals surface area contributed by atoms with Gasteiger partial charge in [-0.15, -0.1) is 0 Å². The second kappa shape index (κ2) is 6.45. The number of hydrogen-bond donors (Lipinski definition) is 1. The lowest BCUT2D eigenvalue weighted by Gasteiger charge is -2.19. The fourth-order valence-corrected chi connectivity index (χ4v) is 3.34. The van der Waals surface area contributed by atoms with E-state index in [1.165, 1.54) is 6.26 Å². The fourth-order valence-electron chi connectivity index (χ4n) is 2.47. The predicted octanol–water partition coefficient (Wildman–Crippen LogP) is 2.38. The Morgan fingerprint density at radius 2 is 2.22 bits per heavy atom. The molecule has 1 aromatic heterocycles. The van der Waals surface area contributed by atoms with Gasteiger partial charge in [-0.25, -0.2) is 13.1 Å². The van der Waals surface area contributed by atoms with Gasteiger partial charge in [0.1, 0.15) is 6.10 Å². The third kappa shape index (κ3) is 3.73. The molecule has 1 aliphatic rings. The van der Waals surface area contributed by atoms with Crippen molar-refractivity contribution in [2.24, 2.45) is 0 Å². The van der Waals surface area contributed by atoms with Crippen molar-refractivity contribution in [1.82, 2.24) is 9.78 Å². The third-order valence-electron chi connectivity index (χ3n) is 3.65. The maximum absolute atomic E-state index is 11.9. The zero-order valence-corrected chi connectivity index (χ0v) is 13.7. The van der Waals surface area contributed by atoms with E-state index in [1.807, 2.05) is 6.08 Å². The highest BCUT2D eigenvalue weighted by atomic mass is 32.2. The molecule has 2 heterocycles. The third-order valence-corrected chi connectivity index (χ3v) is 4.79. The molecule has 0 saturated heterocycles. The van der Waals surface area contributed by atoms with Gasteiger partial charge in [0.05, 0.1) is 41.5 Å². The molecule has 0 aliphatic carbocycles. The molecule has 2 aromatic rings. The van der Waals surface area contributed by atoms with Crippen LogP contribution in [0.25, 0.3) is 5.69 Å². The smallest absolute Gasteiger partial charge is 0.177 e. The standard InChI is InChI=1S/C16H19N3O3S/c1-23(20,21)16-8-3-2-7-15(16)19-12-13(10-18-19)17-11-14-6-4-5-9-22-14/h2-3,5,7-10,12,14,17H,4,6,11H2,1H3/t14-/m0/s1. The molecule has 6 nitrogen and oxygen atoms in total. The van der Waals surface area contributed by atoms with Crippen LogP contribution in [0.4, 0.5) is 5.69 Å². The summed E-state index contributed by atoms with van der Waals surface area (Å²) in [5.74, 6) is 0. The Morgan fingerprint density at radius 1 is 1.39 bits per heavy atom. The van der Waals surface area contributed by atoms with Gasteiger partial charge in [-0.05, 0) is 31.1 Å². The van der Waals surface area contributed by atoms with Crippen LogP contribution in [0.1, 0.15) is 12.8 Å². The normalized spacial score (nSPS) is 17.7. The summed E-state index contributed by atoms with van der Waals surface area (Å²) in [6.45, 7) is 0.684. The average molecular weight is 333 g/mol. The molecular weight excluding hydrogens is 314 g/mol. The Labute approximate surface area is 135 Å². The summed E-state index contributed by atoms with van der Waals surface area (Å²) < 4.78 is 30.8. The second-order valence-corrected chi connectivity index (χ2v) is 7.49. The Kier molecular flexibility index (Phi) is 4.38. The number of nitrogens with one attached hydrogen (secondary N) is 1. The van der Waals surface area contributed by atoms with Gasteiger partial charge < -0.3 is 10.1 Å². The number of hydrogen-bond acceptors (Lipinski definition) is 5. The Bertz CT molecular complexity index is 811. The van der Waals surface area contributed by atoms with Crippen molar-refractivity contribution in [3.05, 3.63) is 49.0 Å². The quantitative estimate of drug-likeness (QED) is 0.909. The number of ether oxygens (including phenoxy) is 1. The van der Waals surface area contributed by atoms with Crippen molar-refractivity contribution in [3.63, 3.8) is 0 Å². The highest BCUT2D eigenvalue weighted by Gasteiger charge is 2.15. The van der Waals surface area contributed by atoms with Crippen molar-refractivity contribution in [3.8, 4) is 5.69 Å². The molecule has 1 aliphatic heterocycles. The van der Waals surface area contributed by atoms with Crippen molar-refractivity contribution in [1.29, 1.82) is 0 Å². The molecule has 0 saturated carbocycles. The summed E-state index contributed by atoms with van der Waals surface area (Å²) in [4.78, 5) is 0.260. The second-order valence-electron chi connectivity index (χ2n) is 5.50. The highest BCUT2D eigenvalue weighted by molar-refractivity contribution is 7.90. The fraction of sp³-hybridized carbons (Fsp3) is 0.312. The summed E-state index contributed by atoms with van der Waals surface area (Å²) in [7, 11) is -3.31. The minimum absolute atomic E-state index is 0.145. The molecule has 0 amide bonds. The van der Waals surface area contributed by atoms with Crippen LogP contribution in [-0.2, 0) is 14.6 Å². The van der Waals surface area contributed by atoms with E-state index in [1.54, 1.807) is 47.6 Å². The van der Waals surface area contributed by atoms with E-state index in [9.17, 15) is 8.42 Å².